The predicted octanol–water partition coefficient (Wildman–Crippen LogP) is 4.60. The van der Waals surface area contributed by atoms with Crippen LogP contribution in [0.1, 0.15) is 43.9 Å². The molecule has 2 aromatic heterocycles. The average molecular weight is 396 g/mol. The Morgan fingerprint density at radius 1 is 1.23 bits per heavy atom. The standard InChI is InChI=1S/C18H21N5O.2ClH/c1-11-4-6-13(7-5-11)21-18-22-15(17(24)23-18)9-12-10-20-16-14(12)3-2-8-19-16;;/h2-3,8-11,13,24H,4-7H2,1H3,(H2,21,22,23);2*1H. The van der Waals surface area contributed by atoms with Gasteiger partial charge in [-0.05, 0) is 49.8 Å². The molecule has 0 bridgehead atoms. The molecule has 0 radical (unpaired) electrons. The number of H-pyrrole nitrogens is 1. The van der Waals surface area contributed by atoms with Crippen LogP contribution in [0, 0.1) is 5.92 Å². The molecule has 2 aromatic rings. The van der Waals surface area contributed by atoms with Gasteiger partial charge in [0.15, 0.2) is 5.82 Å². The van der Waals surface area contributed by atoms with Gasteiger partial charge in [-0.2, -0.15) is 4.98 Å². The minimum Gasteiger partial charge on any atom is -0.492 e. The first-order chi connectivity index (χ1) is 11.7. The number of allylic oxidation sites excluding steroid dienone is 1. The van der Waals surface area contributed by atoms with Gasteiger partial charge in [0.05, 0.1) is 0 Å². The monoisotopic (exact) mass is 395 g/mol. The van der Waals surface area contributed by atoms with E-state index in [1.807, 2.05) is 18.2 Å². The van der Waals surface area contributed by atoms with Crippen molar-refractivity contribution >= 4 is 54.4 Å². The number of pyridine rings is 1. The number of aromatic nitrogens is 3. The Morgan fingerprint density at radius 2 is 2.00 bits per heavy atom. The van der Waals surface area contributed by atoms with Crippen molar-refractivity contribution in [3.05, 3.63) is 29.6 Å². The molecule has 0 saturated heterocycles. The van der Waals surface area contributed by atoms with Crippen LogP contribution in [0.3, 0.4) is 0 Å². The second-order valence-corrected chi connectivity index (χ2v) is 6.66. The Bertz CT molecular complexity index is 810. The van der Waals surface area contributed by atoms with E-state index in [9.17, 15) is 5.11 Å². The molecular formula is C18H23Cl2N5O. The summed E-state index contributed by atoms with van der Waals surface area (Å²) in [5.41, 5.74) is 2.46. The van der Waals surface area contributed by atoms with Gasteiger partial charge in [-0.3, -0.25) is 0 Å². The molecule has 1 saturated carbocycles. The molecule has 0 aromatic carbocycles. The van der Waals surface area contributed by atoms with Crippen molar-refractivity contribution in [1.82, 2.24) is 15.0 Å². The molecule has 1 aliphatic carbocycles. The van der Waals surface area contributed by atoms with Crippen molar-refractivity contribution in [1.29, 1.82) is 0 Å². The molecule has 26 heavy (non-hydrogen) atoms. The van der Waals surface area contributed by atoms with E-state index in [1.165, 1.54) is 12.8 Å². The highest BCUT2D eigenvalue weighted by molar-refractivity contribution is 6.20. The van der Waals surface area contributed by atoms with E-state index in [0.717, 1.165) is 29.9 Å². The van der Waals surface area contributed by atoms with E-state index in [-0.39, 0.29) is 30.7 Å². The lowest BCUT2D eigenvalue weighted by Gasteiger charge is -2.26. The quantitative estimate of drug-likeness (QED) is 0.708. The van der Waals surface area contributed by atoms with Crippen LogP contribution in [-0.4, -0.2) is 32.3 Å². The number of aromatic hydroxyl groups is 1. The summed E-state index contributed by atoms with van der Waals surface area (Å²) in [5.74, 6) is 2.14. The van der Waals surface area contributed by atoms with Crippen molar-refractivity contribution in [2.45, 2.75) is 38.6 Å². The first kappa shape index (κ1) is 20.3. The highest BCUT2D eigenvalue weighted by atomic mass is 35.5. The maximum atomic E-state index is 10.1. The molecule has 0 unspecified atom stereocenters. The number of nitrogens with one attached hydrogen (secondary N) is 2. The van der Waals surface area contributed by atoms with Gasteiger partial charge < -0.3 is 15.4 Å². The number of aromatic amines is 1. The second-order valence-electron chi connectivity index (χ2n) is 6.66. The summed E-state index contributed by atoms with van der Waals surface area (Å²) in [5, 5.41) is 13.5. The molecular weight excluding hydrogens is 373 g/mol. The number of anilines is 1. The third kappa shape index (κ3) is 4.19. The number of rotatable bonds is 3. The zero-order valence-corrected chi connectivity index (χ0v) is 16.1. The molecule has 3 heterocycles. The number of imidazole rings is 1. The molecule has 0 amide bonds. The van der Waals surface area contributed by atoms with Gasteiger partial charge in [0.1, 0.15) is 5.69 Å². The van der Waals surface area contributed by atoms with Gasteiger partial charge in [-0.25, -0.2) is 9.98 Å². The van der Waals surface area contributed by atoms with E-state index in [1.54, 1.807) is 12.4 Å². The van der Waals surface area contributed by atoms with E-state index < -0.39 is 0 Å². The van der Waals surface area contributed by atoms with E-state index in [0.29, 0.717) is 23.5 Å². The summed E-state index contributed by atoms with van der Waals surface area (Å²) in [4.78, 5) is 15.9. The number of hydrogen-bond acceptors (Lipinski definition) is 5. The Kier molecular flexibility index (Phi) is 6.67. The maximum Gasteiger partial charge on any atom is 0.238 e. The first-order valence-electron chi connectivity index (χ1n) is 8.45. The predicted molar refractivity (Wildman–Crippen MR) is 110 cm³/mol. The van der Waals surface area contributed by atoms with Crippen LogP contribution < -0.4 is 5.32 Å². The van der Waals surface area contributed by atoms with Crippen molar-refractivity contribution in [2.75, 3.05) is 5.32 Å². The lowest BCUT2D eigenvalue weighted by molar-refractivity contribution is 0.360. The van der Waals surface area contributed by atoms with Crippen LogP contribution in [-0.2, 0) is 0 Å². The Labute approximate surface area is 165 Å². The fourth-order valence-electron chi connectivity index (χ4n) is 3.34. The third-order valence-electron chi connectivity index (χ3n) is 4.79. The molecule has 3 N–H and O–H groups in total. The number of hydrogen-bond donors (Lipinski definition) is 3. The van der Waals surface area contributed by atoms with Gasteiger partial charge in [0.25, 0.3) is 0 Å². The van der Waals surface area contributed by atoms with Crippen molar-refractivity contribution in [3.63, 3.8) is 0 Å². The lowest BCUT2D eigenvalue weighted by atomic mass is 9.87. The van der Waals surface area contributed by atoms with Gasteiger partial charge in [0.2, 0.25) is 11.8 Å². The number of fused-ring (bicyclic) bond motifs is 1. The molecule has 1 aliphatic heterocycles. The average Bonchev–Trinajstić information content (AvgIpc) is 3.14. The summed E-state index contributed by atoms with van der Waals surface area (Å²) in [7, 11) is 0. The van der Waals surface area contributed by atoms with Crippen LogP contribution in [0.2, 0.25) is 0 Å². The number of aliphatic imine (C=N–C) groups is 1. The van der Waals surface area contributed by atoms with Crippen LogP contribution in [0.25, 0.3) is 11.6 Å². The zero-order chi connectivity index (χ0) is 16.5. The van der Waals surface area contributed by atoms with Crippen LogP contribution in [0.5, 0.6) is 5.88 Å². The number of halogens is 2. The van der Waals surface area contributed by atoms with Crippen LogP contribution >= 0.6 is 24.8 Å². The summed E-state index contributed by atoms with van der Waals surface area (Å²) in [6.45, 7) is 2.30. The van der Waals surface area contributed by atoms with Gasteiger partial charge in [-0.15, -0.1) is 24.8 Å². The van der Waals surface area contributed by atoms with E-state index in [2.05, 4.69) is 32.2 Å². The zero-order valence-electron chi connectivity index (χ0n) is 14.5. The fraction of sp³-hybridized carbons (Fsp3) is 0.389. The highest BCUT2D eigenvalue weighted by Gasteiger charge is 2.20. The second kappa shape index (κ2) is 8.56. The Morgan fingerprint density at radius 3 is 2.77 bits per heavy atom. The van der Waals surface area contributed by atoms with Crippen molar-refractivity contribution < 1.29 is 5.11 Å². The maximum absolute atomic E-state index is 10.1. The summed E-state index contributed by atoms with van der Waals surface area (Å²) < 4.78 is 0. The molecule has 0 atom stereocenters. The summed E-state index contributed by atoms with van der Waals surface area (Å²) >= 11 is 0. The van der Waals surface area contributed by atoms with Crippen LogP contribution in [0.4, 0.5) is 11.8 Å². The molecule has 4 rings (SSSR count). The molecule has 140 valence electrons. The highest BCUT2D eigenvalue weighted by Crippen LogP contribution is 2.32. The first-order valence-corrected chi connectivity index (χ1v) is 8.45. The molecule has 1 fully saturated rings. The summed E-state index contributed by atoms with van der Waals surface area (Å²) in [6, 6.07) is 4.27. The molecule has 2 aliphatic rings. The Balaban J connectivity index is 0.00000121. The molecule has 8 heteroatoms. The van der Waals surface area contributed by atoms with E-state index >= 15 is 0 Å². The van der Waals surface area contributed by atoms with Crippen LogP contribution in [0.15, 0.2) is 23.3 Å². The van der Waals surface area contributed by atoms with Crippen molar-refractivity contribution in [3.8, 4) is 5.88 Å². The minimum absolute atomic E-state index is 0. The van der Waals surface area contributed by atoms with Gasteiger partial charge in [-0.1, -0.05) is 6.92 Å². The van der Waals surface area contributed by atoms with Gasteiger partial charge >= 0.3 is 0 Å². The normalized spacial score (nSPS) is 22.4. The Hall–Kier alpha value is -2.05. The SMILES string of the molecule is CC1CCC(Nc2nc(O)c(C=C3C=Nc4ncccc43)[nH]2)CC1.Cl.Cl. The minimum atomic E-state index is -0.0000761. The smallest absolute Gasteiger partial charge is 0.238 e. The topological polar surface area (TPSA) is 86.2 Å². The van der Waals surface area contributed by atoms with E-state index in [4.69, 9.17) is 0 Å². The molecule has 0 spiro atoms. The summed E-state index contributed by atoms with van der Waals surface area (Å²) in [6.07, 6.45) is 10.1. The lowest BCUT2D eigenvalue weighted by Crippen LogP contribution is -2.25. The fourth-order valence-corrected chi connectivity index (χ4v) is 3.34. The van der Waals surface area contributed by atoms with Gasteiger partial charge in [0, 0.05) is 29.6 Å². The third-order valence-corrected chi connectivity index (χ3v) is 4.79. The molecule has 6 nitrogen and oxygen atoms in total. The number of nitrogens with zero attached hydrogens (tertiary/aromatic N) is 3. The van der Waals surface area contributed by atoms with Crippen molar-refractivity contribution in [2.24, 2.45) is 10.9 Å². The largest absolute Gasteiger partial charge is 0.492 e.